The first-order valence-electron chi connectivity index (χ1n) is 11.4. The summed E-state index contributed by atoms with van der Waals surface area (Å²) >= 11 is 0. The van der Waals surface area contributed by atoms with Gasteiger partial charge in [0.1, 0.15) is 11.9 Å². The highest BCUT2D eigenvalue weighted by Crippen LogP contribution is 2.20. The Morgan fingerprint density at radius 2 is 1.65 bits per heavy atom. The zero-order chi connectivity index (χ0) is 23.5. The van der Waals surface area contributed by atoms with E-state index in [9.17, 15) is 14.4 Å². The quantitative estimate of drug-likeness (QED) is 0.500. The van der Waals surface area contributed by atoms with Crippen LogP contribution in [-0.2, 0) is 6.54 Å². The molecule has 0 atom stereocenters. The maximum absolute atomic E-state index is 13.2. The normalized spacial score (nSPS) is 14.3. The number of hydrogen-bond donors (Lipinski definition) is 1. The Morgan fingerprint density at radius 3 is 2.44 bits per heavy atom. The molecule has 1 fully saturated rings. The number of nitrogens with zero attached hydrogens (tertiary/aromatic N) is 2. The molecule has 0 saturated carbocycles. The Balaban J connectivity index is 1.30. The molecule has 1 aliphatic heterocycles. The van der Waals surface area contributed by atoms with Crippen molar-refractivity contribution in [2.45, 2.75) is 25.5 Å². The zero-order valence-corrected chi connectivity index (χ0v) is 18.6. The van der Waals surface area contributed by atoms with Gasteiger partial charge in [-0.1, -0.05) is 42.5 Å². The predicted molar refractivity (Wildman–Crippen MR) is 130 cm³/mol. The van der Waals surface area contributed by atoms with E-state index in [1.54, 1.807) is 30.3 Å². The predicted octanol–water partition coefficient (Wildman–Crippen LogP) is 3.42. The minimum atomic E-state index is -0.471. The Labute approximate surface area is 196 Å². The molecule has 0 aliphatic carbocycles. The molecule has 1 saturated heterocycles. The zero-order valence-electron chi connectivity index (χ0n) is 18.6. The molecule has 0 bridgehead atoms. The lowest BCUT2D eigenvalue weighted by Crippen LogP contribution is -2.41. The van der Waals surface area contributed by atoms with E-state index in [1.807, 2.05) is 53.4 Å². The van der Waals surface area contributed by atoms with Crippen LogP contribution in [0.1, 0.15) is 28.8 Å². The van der Waals surface area contributed by atoms with E-state index in [2.05, 4.69) is 4.98 Å². The van der Waals surface area contributed by atoms with Gasteiger partial charge in [0.2, 0.25) is 0 Å². The number of amides is 1. The third-order valence-corrected chi connectivity index (χ3v) is 6.19. The molecular weight excluding hydrogens is 430 g/mol. The number of likely N-dealkylation sites (tertiary alicyclic amines) is 1. The van der Waals surface area contributed by atoms with Crippen molar-refractivity contribution in [3.8, 4) is 5.75 Å². The highest BCUT2D eigenvalue weighted by Gasteiger charge is 2.25. The summed E-state index contributed by atoms with van der Waals surface area (Å²) in [5.74, 6) is 0.823. The molecule has 7 heteroatoms. The van der Waals surface area contributed by atoms with Crippen molar-refractivity contribution in [1.29, 1.82) is 0 Å². The number of carbonyl (C=O) groups is 1. The van der Waals surface area contributed by atoms with Gasteiger partial charge in [-0.3, -0.25) is 19.1 Å². The van der Waals surface area contributed by atoms with Gasteiger partial charge in [0.15, 0.2) is 0 Å². The number of nitrogens with one attached hydrogen (secondary N) is 1. The van der Waals surface area contributed by atoms with Crippen LogP contribution in [0.5, 0.6) is 5.75 Å². The summed E-state index contributed by atoms with van der Waals surface area (Å²) in [5.41, 5.74) is 1.09. The Bertz CT molecular complexity index is 1430. The third kappa shape index (κ3) is 4.50. The van der Waals surface area contributed by atoms with Gasteiger partial charge in [0.05, 0.1) is 17.4 Å². The van der Waals surface area contributed by atoms with Crippen LogP contribution in [0.25, 0.3) is 10.9 Å². The molecular formula is C27H25N3O4. The second-order valence-electron chi connectivity index (χ2n) is 8.49. The second-order valence-corrected chi connectivity index (χ2v) is 8.49. The molecule has 0 radical (unpaired) electrons. The summed E-state index contributed by atoms with van der Waals surface area (Å²) < 4.78 is 7.55. The SMILES string of the molecule is O=C(c1cccc(Cn2c(=O)[nH]c(=O)c3ccccc32)c1)N1CCC(Oc2ccccc2)CC1. The van der Waals surface area contributed by atoms with Gasteiger partial charge in [0.25, 0.3) is 11.5 Å². The number of hydrogen-bond acceptors (Lipinski definition) is 4. The lowest BCUT2D eigenvalue weighted by atomic mass is 10.0. The molecule has 1 aliphatic rings. The average molecular weight is 456 g/mol. The van der Waals surface area contributed by atoms with Crippen LogP contribution in [0.15, 0.2) is 88.5 Å². The van der Waals surface area contributed by atoms with Crippen molar-refractivity contribution in [2.75, 3.05) is 13.1 Å². The van der Waals surface area contributed by atoms with Crippen LogP contribution >= 0.6 is 0 Å². The van der Waals surface area contributed by atoms with E-state index in [0.29, 0.717) is 29.6 Å². The monoisotopic (exact) mass is 455 g/mol. The molecule has 2 heterocycles. The molecule has 3 aromatic carbocycles. The second kappa shape index (κ2) is 9.39. The van der Waals surface area contributed by atoms with Gasteiger partial charge in [-0.05, 0) is 42.0 Å². The Hall–Kier alpha value is -4.13. The van der Waals surface area contributed by atoms with Crippen molar-refractivity contribution in [3.05, 3.63) is 111 Å². The summed E-state index contributed by atoms with van der Waals surface area (Å²) in [7, 11) is 0. The van der Waals surface area contributed by atoms with Gasteiger partial charge in [0, 0.05) is 31.5 Å². The van der Waals surface area contributed by atoms with Gasteiger partial charge < -0.3 is 9.64 Å². The molecule has 34 heavy (non-hydrogen) atoms. The molecule has 7 nitrogen and oxygen atoms in total. The maximum atomic E-state index is 13.2. The summed E-state index contributed by atoms with van der Waals surface area (Å²) in [6.45, 7) is 1.51. The standard InChI is InChI=1S/C27H25N3O4/c31-25-23-11-4-5-12-24(23)30(27(33)28-25)18-19-7-6-8-20(17-19)26(32)29-15-13-22(14-16-29)34-21-9-2-1-3-10-21/h1-12,17,22H,13-16,18H2,(H,28,31,33). The first-order valence-corrected chi connectivity index (χ1v) is 11.4. The van der Waals surface area contributed by atoms with Gasteiger partial charge in [-0.25, -0.2) is 4.79 Å². The van der Waals surface area contributed by atoms with E-state index in [4.69, 9.17) is 4.74 Å². The van der Waals surface area contributed by atoms with Crippen molar-refractivity contribution < 1.29 is 9.53 Å². The molecule has 0 unspecified atom stereocenters. The number of ether oxygens (including phenoxy) is 1. The molecule has 1 N–H and O–H groups in total. The fraction of sp³-hybridized carbons (Fsp3) is 0.222. The van der Waals surface area contributed by atoms with Crippen molar-refractivity contribution in [1.82, 2.24) is 14.5 Å². The van der Waals surface area contributed by atoms with E-state index in [-0.39, 0.29) is 18.6 Å². The summed E-state index contributed by atoms with van der Waals surface area (Å²) in [6, 6.07) is 24.1. The van der Waals surface area contributed by atoms with Gasteiger partial charge >= 0.3 is 5.69 Å². The lowest BCUT2D eigenvalue weighted by Gasteiger charge is -2.32. The Morgan fingerprint density at radius 1 is 0.912 bits per heavy atom. The number of fused-ring (bicyclic) bond motifs is 1. The lowest BCUT2D eigenvalue weighted by molar-refractivity contribution is 0.0595. The number of carbonyl (C=O) groups excluding carboxylic acids is 1. The molecule has 4 aromatic rings. The minimum absolute atomic E-state index is 0.0290. The average Bonchev–Trinajstić information content (AvgIpc) is 2.87. The minimum Gasteiger partial charge on any atom is -0.490 e. The number of rotatable bonds is 5. The topological polar surface area (TPSA) is 84.4 Å². The highest BCUT2D eigenvalue weighted by molar-refractivity contribution is 5.94. The fourth-order valence-corrected chi connectivity index (χ4v) is 4.44. The fourth-order valence-electron chi connectivity index (χ4n) is 4.44. The first kappa shape index (κ1) is 21.7. The smallest absolute Gasteiger partial charge is 0.329 e. The summed E-state index contributed by atoms with van der Waals surface area (Å²) in [4.78, 5) is 42.0. The van der Waals surface area contributed by atoms with E-state index in [0.717, 1.165) is 24.2 Å². The van der Waals surface area contributed by atoms with Crippen molar-refractivity contribution >= 4 is 16.8 Å². The Kier molecular flexibility index (Phi) is 5.99. The first-order chi connectivity index (χ1) is 16.6. The van der Waals surface area contributed by atoms with Crippen LogP contribution < -0.4 is 16.0 Å². The van der Waals surface area contributed by atoms with Crippen LogP contribution in [0, 0.1) is 0 Å². The highest BCUT2D eigenvalue weighted by atomic mass is 16.5. The van der Waals surface area contributed by atoms with E-state index < -0.39 is 11.2 Å². The van der Waals surface area contributed by atoms with Crippen LogP contribution in [0.3, 0.4) is 0 Å². The van der Waals surface area contributed by atoms with Crippen LogP contribution in [-0.4, -0.2) is 39.6 Å². The summed E-state index contributed by atoms with van der Waals surface area (Å²) in [6.07, 6.45) is 1.65. The molecule has 5 rings (SSSR count). The number of aromatic amines is 1. The number of H-pyrrole nitrogens is 1. The number of para-hydroxylation sites is 2. The number of aromatic nitrogens is 2. The maximum Gasteiger partial charge on any atom is 0.329 e. The summed E-state index contributed by atoms with van der Waals surface area (Å²) in [5, 5.41) is 0.454. The number of piperidine rings is 1. The third-order valence-electron chi connectivity index (χ3n) is 6.19. The van der Waals surface area contributed by atoms with Crippen molar-refractivity contribution in [3.63, 3.8) is 0 Å². The number of benzene rings is 3. The molecule has 1 amide bonds. The largest absolute Gasteiger partial charge is 0.490 e. The molecule has 172 valence electrons. The van der Waals surface area contributed by atoms with Crippen LogP contribution in [0.4, 0.5) is 0 Å². The molecule has 0 spiro atoms. The van der Waals surface area contributed by atoms with Crippen molar-refractivity contribution in [2.24, 2.45) is 0 Å². The van der Waals surface area contributed by atoms with Gasteiger partial charge in [-0.15, -0.1) is 0 Å². The van der Waals surface area contributed by atoms with Gasteiger partial charge in [-0.2, -0.15) is 0 Å². The van der Waals surface area contributed by atoms with Crippen LogP contribution in [0.2, 0.25) is 0 Å². The van der Waals surface area contributed by atoms with E-state index in [1.165, 1.54) is 4.57 Å². The molecule has 1 aromatic heterocycles. The van der Waals surface area contributed by atoms with E-state index >= 15 is 0 Å².